The van der Waals surface area contributed by atoms with Crippen molar-refractivity contribution < 1.29 is 0 Å². The van der Waals surface area contributed by atoms with Crippen LogP contribution in [0.5, 0.6) is 0 Å². The normalized spacial score (nSPS) is 11.7. The lowest BCUT2D eigenvalue weighted by atomic mass is 10.0. The first kappa shape index (κ1) is 15.4. The van der Waals surface area contributed by atoms with Crippen molar-refractivity contribution in [3.05, 3.63) is 64.7 Å². The molecule has 0 aliphatic rings. The average molecular weight is 299 g/mol. The minimum Gasteiger partial charge on any atom is -0.378 e. The second-order valence-corrected chi connectivity index (χ2v) is 5.46. The molecule has 0 aliphatic heterocycles. The molecule has 2 aromatic rings. The fourth-order valence-electron chi connectivity index (χ4n) is 2.31. The summed E-state index contributed by atoms with van der Waals surface area (Å²) in [5.41, 5.74) is 2.72. The molecule has 2 aromatic carbocycles. The molecular weight excluding hydrogens is 280 g/mol. The van der Waals surface area contributed by atoms with Gasteiger partial charge in [0.15, 0.2) is 0 Å². The molecule has 3 heteroatoms. The van der Waals surface area contributed by atoms with Crippen LogP contribution in [0.15, 0.2) is 48.5 Å². The van der Waals surface area contributed by atoms with Gasteiger partial charge in [-0.3, -0.25) is 0 Å². The molecule has 0 spiro atoms. The molecule has 0 saturated carbocycles. The summed E-state index contributed by atoms with van der Waals surface area (Å²) in [6.07, 6.45) is 3.40. The van der Waals surface area contributed by atoms with Crippen molar-refractivity contribution in [3.8, 4) is 6.07 Å². The Bertz CT molecular complexity index is 617. The Morgan fingerprint density at radius 3 is 2.57 bits per heavy atom. The summed E-state index contributed by atoms with van der Waals surface area (Å²) in [4.78, 5) is 0. The highest BCUT2D eigenvalue weighted by Gasteiger charge is 2.11. The van der Waals surface area contributed by atoms with Crippen LogP contribution >= 0.6 is 11.6 Å². The van der Waals surface area contributed by atoms with Crippen molar-refractivity contribution in [2.75, 3.05) is 5.32 Å². The molecule has 1 atom stereocenters. The number of anilines is 1. The molecule has 0 aromatic heterocycles. The van der Waals surface area contributed by atoms with Gasteiger partial charge in [0.2, 0.25) is 0 Å². The third-order valence-electron chi connectivity index (χ3n) is 3.48. The first-order valence-corrected chi connectivity index (χ1v) is 7.63. The standard InChI is InChI=1S/C18H19ClN2/c1-2-3-9-18(14-7-5-4-6-8-14)21-16-11-10-15(13-20)17(19)12-16/h4-8,10-12,18,21H,2-3,9H2,1H3. The second kappa shape index (κ2) is 7.71. The van der Waals surface area contributed by atoms with E-state index in [9.17, 15) is 0 Å². The van der Waals surface area contributed by atoms with Gasteiger partial charge in [-0.2, -0.15) is 5.26 Å². The fourth-order valence-corrected chi connectivity index (χ4v) is 2.54. The highest BCUT2D eigenvalue weighted by atomic mass is 35.5. The molecule has 2 nitrogen and oxygen atoms in total. The number of nitrogens with zero attached hydrogens (tertiary/aromatic N) is 1. The van der Waals surface area contributed by atoms with Crippen LogP contribution in [0.4, 0.5) is 5.69 Å². The molecule has 0 fully saturated rings. The van der Waals surface area contributed by atoms with E-state index < -0.39 is 0 Å². The maximum absolute atomic E-state index is 8.93. The van der Waals surface area contributed by atoms with Gasteiger partial charge in [0.1, 0.15) is 6.07 Å². The van der Waals surface area contributed by atoms with E-state index in [0.29, 0.717) is 10.6 Å². The lowest BCUT2D eigenvalue weighted by Crippen LogP contribution is -2.10. The molecule has 2 rings (SSSR count). The van der Waals surface area contributed by atoms with Crippen molar-refractivity contribution in [2.45, 2.75) is 32.2 Å². The number of nitriles is 1. The van der Waals surface area contributed by atoms with E-state index in [2.05, 4.69) is 42.6 Å². The van der Waals surface area contributed by atoms with Crippen molar-refractivity contribution >= 4 is 17.3 Å². The van der Waals surface area contributed by atoms with Crippen LogP contribution < -0.4 is 5.32 Å². The van der Waals surface area contributed by atoms with Crippen LogP contribution in [-0.2, 0) is 0 Å². The molecule has 0 amide bonds. The Hall–Kier alpha value is -1.98. The quantitative estimate of drug-likeness (QED) is 0.758. The summed E-state index contributed by atoms with van der Waals surface area (Å²) < 4.78 is 0. The molecule has 108 valence electrons. The average Bonchev–Trinajstić information content (AvgIpc) is 2.52. The van der Waals surface area contributed by atoms with Gasteiger partial charge in [-0.1, -0.05) is 61.7 Å². The van der Waals surface area contributed by atoms with Crippen LogP contribution in [0.1, 0.15) is 43.4 Å². The molecular formula is C18H19ClN2. The smallest absolute Gasteiger partial charge is 0.101 e. The van der Waals surface area contributed by atoms with Crippen molar-refractivity contribution in [3.63, 3.8) is 0 Å². The summed E-state index contributed by atoms with van der Waals surface area (Å²) in [5, 5.41) is 12.9. The maximum atomic E-state index is 8.93. The van der Waals surface area contributed by atoms with E-state index in [0.717, 1.165) is 18.5 Å². The first-order valence-electron chi connectivity index (χ1n) is 7.25. The Kier molecular flexibility index (Phi) is 5.66. The number of benzene rings is 2. The molecule has 1 N–H and O–H groups in total. The molecule has 0 radical (unpaired) electrons. The Morgan fingerprint density at radius 2 is 1.95 bits per heavy atom. The van der Waals surface area contributed by atoms with Crippen molar-refractivity contribution in [1.82, 2.24) is 0 Å². The van der Waals surface area contributed by atoms with Gasteiger partial charge in [-0.05, 0) is 30.2 Å². The third kappa shape index (κ3) is 4.24. The van der Waals surface area contributed by atoms with Gasteiger partial charge in [0, 0.05) is 5.69 Å². The minimum absolute atomic E-state index is 0.259. The van der Waals surface area contributed by atoms with Gasteiger partial charge in [-0.15, -0.1) is 0 Å². The Labute approximate surface area is 131 Å². The second-order valence-electron chi connectivity index (χ2n) is 5.06. The van der Waals surface area contributed by atoms with E-state index in [4.69, 9.17) is 16.9 Å². The van der Waals surface area contributed by atoms with E-state index in [1.807, 2.05) is 18.2 Å². The largest absolute Gasteiger partial charge is 0.378 e. The van der Waals surface area contributed by atoms with Crippen molar-refractivity contribution in [1.29, 1.82) is 5.26 Å². The zero-order chi connectivity index (χ0) is 15.1. The number of hydrogen-bond donors (Lipinski definition) is 1. The number of nitrogens with one attached hydrogen (secondary N) is 1. The summed E-state index contributed by atoms with van der Waals surface area (Å²) >= 11 is 6.10. The van der Waals surface area contributed by atoms with E-state index >= 15 is 0 Å². The summed E-state index contributed by atoms with van der Waals surface area (Å²) in [6, 6.07) is 18.2. The van der Waals surface area contributed by atoms with Crippen LogP contribution in [0.25, 0.3) is 0 Å². The van der Waals surface area contributed by atoms with Gasteiger partial charge in [-0.25, -0.2) is 0 Å². The van der Waals surface area contributed by atoms with Gasteiger partial charge in [0.05, 0.1) is 16.6 Å². The van der Waals surface area contributed by atoms with Crippen LogP contribution in [0, 0.1) is 11.3 Å². The molecule has 21 heavy (non-hydrogen) atoms. The van der Waals surface area contributed by atoms with E-state index in [1.165, 1.54) is 12.0 Å². The Balaban J connectivity index is 2.19. The van der Waals surface area contributed by atoms with Gasteiger partial charge >= 0.3 is 0 Å². The van der Waals surface area contributed by atoms with E-state index in [-0.39, 0.29) is 6.04 Å². The topological polar surface area (TPSA) is 35.8 Å². The number of unbranched alkanes of at least 4 members (excludes halogenated alkanes) is 1. The fraction of sp³-hybridized carbons (Fsp3) is 0.278. The predicted molar refractivity (Wildman–Crippen MR) is 88.5 cm³/mol. The highest BCUT2D eigenvalue weighted by molar-refractivity contribution is 6.32. The molecule has 0 saturated heterocycles. The molecule has 1 unspecified atom stereocenters. The summed E-state index contributed by atoms with van der Waals surface area (Å²) in [7, 11) is 0. The maximum Gasteiger partial charge on any atom is 0.101 e. The first-order chi connectivity index (χ1) is 10.2. The van der Waals surface area contributed by atoms with Crippen LogP contribution in [-0.4, -0.2) is 0 Å². The minimum atomic E-state index is 0.259. The Morgan fingerprint density at radius 1 is 1.19 bits per heavy atom. The molecule has 0 heterocycles. The predicted octanol–water partition coefficient (Wildman–Crippen LogP) is 5.56. The molecule has 0 bridgehead atoms. The number of hydrogen-bond acceptors (Lipinski definition) is 2. The highest BCUT2D eigenvalue weighted by Crippen LogP contribution is 2.27. The lowest BCUT2D eigenvalue weighted by Gasteiger charge is -2.20. The van der Waals surface area contributed by atoms with E-state index in [1.54, 1.807) is 6.07 Å². The monoisotopic (exact) mass is 298 g/mol. The lowest BCUT2D eigenvalue weighted by molar-refractivity contribution is 0.634. The van der Waals surface area contributed by atoms with Gasteiger partial charge < -0.3 is 5.32 Å². The third-order valence-corrected chi connectivity index (χ3v) is 3.79. The van der Waals surface area contributed by atoms with Crippen LogP contribution in [0.2, 0.25) is 5.02 Å². The SMILES string of the molecule is CCCCC(Nc1ccc(C#N)c(Cl)c1)c1ccccc1. The van der Waals surface area contributed by atoms with Crippen molar-refractivity contribution in [2.24, 2.45) is 0 Å². The number of rotatable bonds is 6. The van der Waals surface area contributed by atoms with Gasteiger partial charge in [0.25, 0.3) is 0 Å². The summed E-state index contributed by atoms with van der Waals surface area (Å²) in [6.45, 7) is 2.20. The zero-order valence-electron chi connectivity index (χ0n) is 12.1. The summed E-state index contributed by atoms with van der Waals surface area (Å²) in [5.74, 6) is 0. The number of halogens is 1. The van der Waals surface area contributed by atoms with Crippen LogP contribution in [0.3, 0.4) is 0 Å². The molecule has 0 aliphatic carbocycles. The zero-order valence-corrected chi connectivity index (χ0v) is 12.9.